The van der Waals surface area contributed by atoms with Crippen LogP contribution >= 0.6 is 15.9 Å². The molecule has 0 amide bonds. The van der Waals surface area contributed by atoms with Gasteiger partial charge >= 0.3 is 0 Å². The molecule has 0 bridgehead atoms. The summed E-state index contributed by atoms with van der Waals surface area (Å²) in [6.07, 6.45) is 0.641. The standard InChI is InChI=1S/C14H8BrN5O/c15-13-12(10-4-2-1-3-8(10)6-16)18-14(17)11-5-9(7-21)19-20(11)13/h1-5,7H,(H2,17,18). The molecule has 6 nitrogen and oxygen atoms in total. The molecule has 0 aliphatic heterocycles. The molecule has 3 aromatic rings. The van der Waals surface area contributed by atoms with Crippen LogP contribution in [0.2, 0.25) is 0 Å². The Kier molecular flexibility index (Phi) is 3.16. The van der Waals surface area contributed by atoms with Crippen molar-refractivity contribution in [1.82, 2.24) is 14.6 Å². The lowest BCUT2D eigenvalue weighted by molar-refractivity contribution is 0.111. The third kappa shape index (κ3) is 2.06. The van der Waals surface area contributed by atoms with E-state index in [9.17, 15) is 10.1 Å². The topological polar surface area (TPSA) is 97.1 Å². The largest absolute Gasteiger partial charge is 0.382 e. The zero-order valence-electron chi connectivity index (χ0n) is 10.6. The van der Waals surface area contributed by atoms with Crippen LogP contribution in [0.4, 0.5) is 5.82 Å². The van der Waals surface area contributed by atoms with E-state index in [0.717, 1.165) is 0 Å². The summed E-state index contributed by atoms with van der Waals surface area (Å²) in [5, 5.41) is 13.3. The molecule has 2 N–H and O–H groups in total. The highest BCUT2D eigenvalue weighted by Gasteiger charge is 2.16. The number of carbonyl (C=O) groups is 1. The molecule has 21 heavy (non-hydrogen) atoms. The number of rotatable bonds is 2. The zero-order valence-corrected chi connectivity index (χ0v) is 12.2. The summed E-state index contributed by atoms with van der Waals surface area (Å²) in [4.78, 5) is 15.2. The van der Waals surface area contributed by atoms with Crippen LogP contribution < -0.4 is 5.73 Å². The molecule has 2 aromatic heterocycles. The van der Waals surface area contributed by atoms with E-state index in [1.54, 1.807) is 24.3 Å². The van der Waals surface area contributed by atoms with Crippen LogP contribution in [0.3, 0.4) is 0 Å². The van der Waals surface area contributed by atoms with Crippen molar-refractivity contribution < 1.29 is 4.79 Å². The normalized spacial score (nSPS) is 10.5. The number of nitriles is 1. The third-order valence-electron chi connectivity index (χ3n) is 3.03. The number of benzene rings is 1. The summed E-state index contributed by atoms with van der Waals surface area (Å²) < 4.78 is 2.03. The Morgan fingerprint density at radius 2 is 2.14 bits per heavy atom. The first-order chi connectivity index (χ1) is 10.2. The van der Waals surface area contributed by atoms with Gasteiger partial charge in [-0.05, 0) is 28.1 Å². The van der Waals surface area contributed by atoms with Crippen molar-refractivity contribution in [3.05, 3.63) is 46.2 Å². The van der Waals surface area contributed by atoms with Gasteiger partial charge in [-0.3, -0.25) is 4.79 Å². The Morgan fingerprint density at radius 1 is 1.38 bits per heavy atom. The molecule has 3 rings (SSSR count). The van der Waals surface area contributed by atoms with Crippen LogP contribution in [-0.2, 0) is 0 Å². The number of nitrogens with zero attached hydrogens (tertiary/aromatic N) is 4. The van der Waals surface area contributed by atoms with Crippen molar-refractivity contribution in [2.45, 2.75) is 0 Å². The molecule has 2 heterocycles. The van der Waals surface area contributed by atoms with Gasteiger partial charge in [0.2, 0.25) is 0 Å². The fourth-order valence-corrected chi connectivity index (χ4v) is 2.64. The SMILES string of the molecule is N#Cc1ccccc1-c1nc(N)c2cc(C=O)nn2c1Br. The monoisotopic (exact) mass is 341 g/mol. The highest BCUT2D eigenvalue weighted by atomic mass is 79.9. The van der Waals surface area contributed by atoms with E-state index < -0.39 is 0 Å². The molecular formula is C14H8BrN5O. The van der Waals surface area contributed by atoms with Gasteiger partial charge in [0.1, 0.15) is 27.3 Å². The summed E-state index contributed by atoms with van der Waals surface area (Å²) in [6.45, 7) is 0. The van der Waals surface area contributed by atoms with Crippen LogP contribution in [0.1, 0.15) is 16.1 Å². The minimum Gasteiger partial charge on any atom is -0.382 e. The van der Waals surface area contributed by atoms with Crippen LogP contribution in [0, 0.1) is 11.3 Å². The molecule has 7 heteroatoms. The first kappa shape index (κ1) is 13.3. The number of carbonyl (C=O) groups excluding carboxylic acids is 1. The average Bonchev–Trinajstić information content (AvgIpc) is 2.96. The maximum absolute atomic E-state index is 10.9. The molecule has 0 radical (unpaired) electrons. The first-order valence-corrected chi connectivity index (χ1v) is 6.74. The van der Waals surface area contributed by atoms with Gasteiger partial charge in [-0.15, -0.1) is 0 Å². The van der Waals surface area contributed by atoms with Gasteiger partial charge in [0, 0.05) is 5.56 Å². The molecule has 0 aliphatic rings. The van der Waals surface area contributed by atoms with Crippen molar-refractivity contribution in [3.63, 3.8) is 0 Å². The second-order valence-electron chi connectivity index (χ2n) is 4.28. The van der Waals surface area contributed by atoms with E-state index >= 15 is 0 Å². The molecule has 102 valence electrons. The van der Waals surface area contributed by atoms with Gasteiger partial charge in [0.25, 0.3) is 0 Å². The molecule has 0 spiro atoms. The van der Waals surface area contributed by atoms with Gasteiger partial charge in [0.05, 0.1) is 11.6 Å². The van der Waals surface area contributed by atoms with Gasteiger partial charge in [-0.2, -0.15) is 10.4 Å². The number of anilines is 1. The van der Waals surface area contributed by atoms with E-state index in [-0.39, 0.29) is 11.5 Å². The van der Waals surface area contributed by atoms with Gasteiger partial charge in [-0.25, -0.2) is 9.50 Å². The second-order valence-corrected chi connectivity index (χ2v) is 5.03. The van der Waals surface area contributed by atoms with E-state index in [4.69, 9.17) is 5.73 Å². The van der Waals surface area contributed by atoms with Crippen molar-refractivity contribution in [2.24, 2.45) is 0 Å². The summed E-state index contributed by atoms with van der Waals surface area (Å²) in [6, 6.07) is 10.7. The van der Waals surface area contributed by atoms with Crippen LogP contribution in [0.5, 0.6) is 0 Å². The third-order valence-corrected chi connectivity index (χ3v) is 3.74. The zero-order chi connectivity index (χ0) is 15.0. The lowest BCUT2D eigenvalue weighted by Crippen LogP contribution is -2.02. The molecule has 0 aliphatic carbocycles. The van der Waals surface area contributed by atoms with E-state index in [1.807, 2.05) is 6.07 Å². The predicted molar refractivity (Wildman–Crippen MR) is 80.6 cm³/mol. The van der Waals surface area contributed by atoms with Crippen molar-refractivity contribution >= 4 is 33.6 Å². The Balaban J connectivity index is 2.36. The van der Waals surface area contributed by atoms with Crippen molar-refractivity contribution in [3.8, 4) is 17.3 Å². The molecule has 1 aromatic carbocycles. The lowest BCUT2D eigenvalue weighted by atomic mass is 10.1. The Hall–Kier alpha value is -2.72. The van der Waals surface area contributed by atoms with Gasteiger partial charge in [-0.1, -0.05) is 18.2 Å². The number of nitrogen functional groups attached to an aromatic ring is 1. The van der Waals surface area contributed by atoms with Crippen LogP contribution in [0.25, 0.3) is 16.8 Å². The van der Waals surface area contributed by atoms with E-state index in [2.05, 4.69) is 32.1 Å². The molecule has 0 unspecified atom stereocenters. The highest BCUT2D eigenvalue weighted by molar-refractivity contribution is 9.10. The number of aldehydes is 1. The predicted octanol–water partition coefficient (Wildman–Crippen LogP) is 2.43. The number of aromatic nitrogens is 3. The molecular weight excluding hydrogens is 334 g/mol. The Bertz CT molecular complexity index is 910. The molecule has 0 fully saturated rings. The number of hydrogen-bond acceptors (Lipinski definition) is 5. The van der Waals surface area contributed by atoms with Gasteiger partial charge in [0.15, 0.2) is 6.29 Å². The smallest absolute Gasteiger partial charge is 0.170 e. The van der Waals surface area contributed by atoms with Crippen molar-refractivity contribution in [1.29, 1.82) is 5.26 Å². The Labute approximate surface area is 128 Å². The number of fused-ring (bicyclic) bond motifs is 1. The quantitative estimate of drug-likeness (QED) is 0.722. The van der Waals surface area contributed by atoms with E-state index in [0.29, 0.717) is 33.2 Å². The summed E-state index contributed by atoms with van der Waals surface area (Å²) in [7, 11) is 0. The maximum atomic E-state index is 10.9. The molecule has 0 saturated carbocycles. The number of nitrogens with two attached hydrogens (primary N) is 1. The fourth-order valence-electron chi connectivity index (χ4n) is 2.07. The van der Waals surface area contributed by atoms with Crippen LogP contribution in [-0.4, -0.2) is 20.9 Å². The average molecular weight is 342 g/mol. The maximum Gasteiger partial charge on any atom is 0.170 e. The summed E-state index contributed by atoms with van der Waals surface area (Å²) in [5.41, 5.74) is 8.34. The Morgan fingerprint density at radius 3 is 2.86 bits per heavy atom. The number of hydrogen-bond donors (Lipinski definition) is 1. The minimum absolute atomic E-state index is 0.238. The second kappa shape index (κ2) is 5.00. The first-order valence-electron chi connectivity index (χ1n) is 5.95. The lowest BCUT2D eigenvalue weighted by Gasteiger charge is -2.09. The molecule has 0 saturated heterocycles. The highest BCUT2D eigenvalue weighted by Crippen LogP contribution is 2.31. The fraction of sp³-hybridized carbons (Fsp3) is 0. The molecule has 0 atom stereocenters. The van der Waals surface area contributed by atoms with Crippen molar-refractivity contribution in [2.75, 3.05) is 5.73 Å². The number of halogens is 1. The minimum atomic E-state index is 0.238. The van der Waals surface area contributed by atoms with E-state index in [1.165, 1.54) is 4.52 Å². The summed E-state index contributed by atoms with van der Waals surface area (Å²) in [5.74, 6) is 0.238. The summed E-state index contributed by atoms with van der Waals surface area (Å²) >= 11 is 3.42. The van der Waals surface area contributed by atoms with Gasteiger partial charge < -0.3 is 5.73 Å². The van der Waals surface area contributed by atoms with Crippen LogP contribution in [0.15, 0.2) is 34.9 Å².